The number of ether oxygens (including phenoxy) is 2. The number of hydrogen-bond donors (Lipinski definition) is 0. The van der Waals surface area contributed by atoms with Crippen molar-refractivity contribution < 1.29 is 67.1 Å². The van der Waals surface area contributed by atoms with Gasteiger partial charge in [-0.15, -0.1) is 0 Å². The van der Waals surface area contributed by atoms with Gasteiger partial charge in [-0.25, -0.2) is 4.79 Å². The average Bonchev–Trinajstić information content (AvgIpc) is 2.16. The van der Waals surface area contributed by atoms with Gasteiger partial charge in [-0.2, -0.15) is 0 Å². The first-order chi connectivity index (χ1) is 7.42. The molecular formula is C11H20KNO3S. The number of rotatable bonds is 2. The Kier molecular flexibility index (Phi) is 8.44. The molecule has 0 aliphatic carbocycles. The Labute approximate surface area is 152 Å². The molecule has 1 heterocycles. The summed E-state index contributed by atoms with van der Waals surface area (Å²) < 4.78 is 10.5. The van der Waals surface area contributed by atoms with Crippen molar-refractivity contribution in [2.24, 2.45) is 0 Å². The van der Waals surface area contributed by atoms with Crippen molar-refractivity contribution in [2.75, 3.05) is 13.1 Å². The summed E-state index contributed by atoms with van der Waals surface area (Å²) in [5, 5.41) is 0. The van der Waals surface area contributed by atoms with Gasteiger partial charge >= 0.3 is 57.5 Å². The second-order valence-electron chi connectivity index (χ2n) is 4.90. The molecule has 4 nitrogen and oxygen atoms in total. The van der Waals surface area contributed by atoms with E-state index in [1.807, 2.05) is 20.8 Å². The van der Waals surface area contributed by atoms with Gasteiger partial charge in [-0.05, 0) is 33.0 Å². The summed E-state index contributed by atoms with van der Waals surface area (Å²) >= 11 is 4.63. The summed E-state index contributed by atoms with van der Waals surface area (Å²) in [7, 11) is 0. The molecule has 0 N–H and O–H groups in total. The van der Waals surface area contributed by atoms with E-state index < -0.39 is 5.60 Å². The van der Waals surface area contributed by atoms with Crippen molar-refractivity contribution >= 4 is 23.9 Å². The molecule has 94 valence electrons. The average molecular weight is 285 g/mol. The quantitative estimate of drug-likeness (QED) is 0.505. The molecule has 1 fully saturated rings. The second-order valence-corrected chi connectivity index (χ2v) is 5.09. The molecule has 0 aromatic rings. The molecule has 1 aliphatic heterocycles. The Morgan fingerprint density at radius 1 is 1.41 bits per heavy atom. The summed E-state index contributed by atoms with van der Waals surface area (Å²) in [5.41, 5.74) is 0.868. The van der Waals surface area contributed by atoms with Crippen LogP contribution in [0.1, 0.15) is 35.0 Å². The molecule has 0 radical (unpaired) electrons. The van der Waals surface area contributed by atoms with E-state index in [1.54, 1.807) is 4.90 Å². The number of carbonyl (C=O) groups is 1. The van der Waals surface area contributed by atoms with Crippen LogP contribution in [0.15, 0.2) is 0 Å². The molecule has 0 unspecified atom stereocenters. The van der Waals surface area contributed by atoms with Crippen LogP contribution in [-0.2, 0) is 9.47 Å². The van der Waals surface area contributed by atoms with Gasteiger partial charge in [0.2, 0.25) is 0 Å². The summed E-state index contributed by atoms with van der Waals surface area (Å²) in [6, 6.07) is 0. The number of piperidine rings is 1. The minimum Gasteiger partial charge on any atom is -1.00 e. The fourth-order valence-electron chi connectivity index (χ4n) is 1.58. The van der Waals surface area contributed by atoms with Gasteiger partial charge in [0.05, 0.1) is 0 Å². The first-order valence-corrected chi connectivity index (χ1v) is 5.96. The van der Waals surface area contributed by atoms with Gasteiger partial charge in [0.1, 0.15) is 17.3 Å². The molecule has 0 spiro atoms. The molecule has 1 saturated heterocycles. The van der Waals surface area contributed by atoms with E-state index in [9.17, 15) is 4.79 Å². The van der Waals surface area contributed by atoms with Gasteiger partial charge in [0, 0.05) is 25.9 Å². The van der Waals surface area contributed by atoms with Crippen molar-refractivity contribution in [3.8, 4) is 0 Å². The topological polar surface area (TPSA) is 38.8 Å². The van der Waals surface area contributed by atoms with Crippen molar-refractivity contribution in [2.45, 2.75) is 45.3 Å². The summed E-state index contributed by atoms with van der Waals surface area (Å²) in [5.74, 6) is 0. The molecule has 0 atom stereocenters. The van der Waals surface area contributed by atoms with Gasteiger partial charge in [-0.3, -0.25) is 0 Å². The Bertz CT molecular complexity index is 266. The van der Waals surface area contributed by atoms with E-state index >= 15 is 0 Å². The standard InChI is InChI=1S/C11H19NO3S.K.H/c1-11(2,3)15-10(13)12-6-4-9(5-7-12)14-8-16;;/h8-9H,4-7H2,1-3H3;;/q;+1;-1. The molecule has 1 rings (SSSR count). The van der Waals surface area contributed by atoms with Crippen molar-refractivity contribution in [3.05, 3.63) is 0 Å². The SMILES string of the molecule is CC(C)(C)OC(=O)N1CCC(OC=S)CC1.[H-].[K+]. The van der Waals surface area contributed by atoms with Crippen LogP contribution in [-0.4, -0.2) is 41.3 Å². The normalized spacial score (nSPS) is 17.0. The second kappa shape index (κ2) is 8.06. The van der Waals surface area contributed by atoms with Gasteiger partial charge in [0.15, 0.2) is 0 Å². The minimum absolute atomic E-state index is 0. The predicted molar refractivity (Wildman–Crippen MR) is 66.7 cm³/mol. The predicted octanol–water partition coefficient (Wildman–Crippen LogP) is -0.524. The third-order valence-electron chi connectivity index (χ3n) is 2.34. The van der Waals surface area contributed by atoms with Crippen molar-refractivity contribution in [1.82, 2.24) is 4.90 Å². The van der Waals surface area contributed by atoms with Gasteiger partial charge in [0.25, 0.3) is 0 Å². The molecule has 0 aromatic heterocycles. The minimum atomic E-state index is -0.432. The maximum atomic E-state index is 11.7. The van der Waals surface area contributed by atoms with E-state index in [4.69, 9.17) is 9.47 Å². The Hall–Kier alpha value is 0.796. The van der Waals surface area contributed by atoms with Gasteiger partial charge < -0.3 is 15.8 Å². The molecule has 1 amide bonds. The Morgan fingerprint density at radius 3 is 2.35 bits per heavy atom. The van der Waals surface area contributed by atoms with Crippen LogP contribution in [0.25, 0.3) is 0 Å². The number of thiocarbonyl (C=S) groups is 1. The third-order valence-corrected chi connectivity index (χ3v) is 2.45. The Balaban J connectivity index is 0. The molecule has 6 heteroatoms. The smallest absolute Gasteiger partial charge is 1.00 e. The van der Waals surface area contributed by atoms with E-state index in [2.05, 4.69) is 12.2 Å². The number of amides is 1. The van der Waals surface area contributed by atoms with E-state index in [0.717, 1.165) is 12.8 Å². The van der Waals surface area contributed by atoms with Crippen LogP contribution in [0, 0.1) is 0 Å². The largest absolute Gasteiger partial charge is 1.00 e. The number of hydrogen-bond acceptors (Lipinski definition) is 4. The fraction of sp³-hybridized carbons (Fsp3) is 0.818. The van der Waals surface area contributed by atoms with Crippen LogP contribution in [0.5, 0.6) is 0 Å². The molecule has 0 bridgehead atoms. The summed E-state index contributed by atoms with van der Waals surface area (Å²) in [6.45, 7) is 6.94. The van der Waals surface area contributed by atoms with Gasteiger partial charge in [-0.1, -0.05) is 0 Å². The third kappa shape index (κ3) is 7.08. The zero-order chi connectivity index (χ0) is 12.2. The van der Waals surface area contributed by atoms with E-state index in [-0.39, 0.29) is 65.0 Å². The first kappa shape index (κ1) is 17.8. The molecule has 0 aromatic carbocycles. The zero-order valence-corrected chi connectivity index (χ0v) is 15.0. The fourth-order valence-corrected chi connectivity index (χ4v) is 1.74. The Morgan fingerprint density at radius 2 is 1.94 bits per heavy atom. The van der Waals surface area contributed by atoms with E-state index in [0.29, 0.717) is 13.1 Å². The van der Waals surface area contributed by atoms with Crippen LogP contribution < -0.4 is 51.4 Å². The van der Waals surface area contributed by atoms with Crippen molar-refractivity contribution in [1.29, 1.82) is 0 Å². The molecular weight excluding hydrogens is 265 g/mol. The molecule has 0 saturated carbocycles. The van der Waals surface area contributed by atoms with Crippen LogP contribution in [0.4, 0.5) is 4.79 Å². The molecule has 1 aliphatic rings. The maximum absolute atomic E-state index is 11.7. The molecule has 17 heavy (non-hydrogen) atoms. The first-order valence-electron chi connectivity index (χ1n) is 5.49. The monoisotopic (exact) mass is 285 g/mol. The number of nitrogens with zero attached hydrogens (tertiary/aromatic N) is 1. The van der Waals surface area contributed by atoms with Crippen LogP contribution >= 0.6 is 12.2 Å². The van der Waals surface area contributed by atoms with E-state index in [1.165, 1.54) is 5.55 Å². The van der Waals surface area contributed by atoms with Crippen LogP contribution in [0.2, 0.25) is 0 Å². The number of likely N-dealkylation sites (tertiary alicyclic amines) is 1. The maximum Gasteiger partial charge on any atom is 1.00 e. The summed E-state index contributed by atoms with van der Waals surface area (Å²) in [6.07, 6.45) is 1.53. The summed E-state index contributed by atoms with van der Waals surface area (Å²) in [4.78, 5) is 13.4. The zero-order valence-electron chi connectivity index (χ0n) is 12.1. The van der Waals surface area contributed by atoms with Crippen LogP contribution in [0.3, 0.4) is 0 Å². The van der Waals surface area contributed by atoms with Crippen molar-refractivity contribution in [3.63, 3.8) is 0 Å². The number of carbonyl (C=O) groups excluding carboxylic acids is 1.